The number of piperazine rings is 1. The summed E-state index contributed by atoms with van der Waals surface area (Å²) in [4.78, 5) is 15.9. The molecule has 0 radical (unpaired) electrons. The normalized spacial score (nSPS) is 26.0. The molecule has 1 unspecified atom stereocenters. The molecule has 0 aromatic rings. The van der Waals surface area contributed by atoms with Gasteiger partial charge in [0.15, 0.2) is 9.84 Å². The zero-order chi connectivity index (χ0) is 15.3. The van der Waals surface area contributed by atoms with Crippen LogP contribution in [0.15, 0.2) is 0 Å². The van der Waals surface area contributed by atoms with Gasteiger partial charge in [-0.2, -0.15) is 0 Å². The number of nitrogens with one attached hydrogen (secondary N) is 1. The third-order valence-electron chi connectivity index (χ3n) is 4.39. The monoisotopic (exact) mass is 317 g/mol. The maximum Gasteiger partial charge on any atom is 0.317 e. The van der Waals surface area contributed by atoms with Crippen LogP contribution in [-0.2, 0) is 9.84 Å². The molecule has 7 heteroatoms. The van der Waals surface area contributed by atoms with Crippen LogP contribution in [0.1, 0.15) is 32.6 Å². The van der Waals surface area contributed by atoms with Crippen molar-refractivity contribution in [3.05, 3.63) is 0 Å². The SMILES string of the molecule is CCCCNC(=O)N1CCN(CC2CCCS2(=O)=O)CC1. The number of hydrogen-bond acceptors (Lipinski definition) is 4. The molecule has 0 saturated carbocycles. The molecule has 0 aliphatic carbocycles. The molecule has 1 atom stereocenters. The fourth-order valence-electron chi connectivity index (χ4n) is 2.97. The van der Waals surface area contributed by atoms with Crippen molar-refractivity contribution >= 4 is 15.9 Å². The highest BCUT2D eigenvalue weighted by atomic mass is 32.2. The standard InChI is InChI=1S/C14H27N3O3S/c1-2-3-6-15-14(18)17-9-7-16(8-10-17)12-13-5-4-11-21(13,19)20/h13H,2-12H2,1H3,(H,15,18). The van der Waals surface area contributed by atoms with Gasteiger partial charge in [0.1, 0.15) is 0 Å². The zero-order valence-corrected chi connectivity index (χ0v) is 13.7. The van der Waals surface area contributed by atoms with E-state index in [0.717, 1.165) is 45.3 Å². The fourth-order valence-corrected chi connectivity index (χ4v) is 4.83. The number of nitrogens with zero attached hydrogens (tertiary/aromatic N) is 2. The van der Waals surface area contributed by atoms with Gasteiger partial charge < -0.3 is 10.2 Å². The summed E-state index contributed by atoms with van der Waals surface area (Å²) in [6.45, 7) is 6.38. The first kappa shape index (κ1) is 16.5. The number of urea groups is 1. The van der Waals surface area contributed by atoms with Gasteiger partial charge in [-0.15, -0.1) is 0 Å². The molecule has 0 aromatic carbocycles. The number of unbranched alkanes of at least 4 members (excludes halogenated alkanes) is 1. The van der Waals surface area contributed by atoms with Crippen molar-refractivity contribution in [3.63, 3.8) is 0 Å². The van der Waals surface area contributed by atoms with Gasteiger partial charge in [0, 0.05) is 39.3 Å². The summed E-state index contributed by atoms with van der Waals surface area (Å²) in [5, 5.41) is 2.73. The molecule has 2 fully saturated rings. The lowest BCUT2D eigenvalue weighted by molar-refractivity contribution is 0.139. The van der Waals surface area contributed by atoms with Gasteiger partial charge in [-0.3, -0.25) is 4.90 Å². The highest BCUT2D eigenvalue weighted by Crippen LogP contribution is 2.21. The Morgan fingerprint density at radius 2 is 1.95 bits per heavy atom. The van der Waals surface area contributed by atoms with Crippen molar-refractivity contribution in [1.29, 1.82) is 0 Å². The van der Waals surface area contributed by atoms with Crippen molar-refractivity contribution in [2.45, 2.75) is 37.9 Å². The van der Waals surface area contributed by atoms with E-state index in [1.54, 1.807) is 0 Å². The van der Waals surface area contributed by atoms with Crippen LogP contribution in [0.4, 0.5) is 4.79 Å². The fraction of sp³-hybridized carbons (Fsp3) is 0.929. The molecule has 0 aromatic heterocycles. The van der Waals surface area contributed by atoms with Gasteiger partial charge in [-0.25, -0.2) is 13.2 Å². The smallest absolute Gasteiger partial charge is 0.317 e. The lowest BCUT2D eigenvalue weighted by Crippen LogP contribution is -2.53. The van der Waals surface area contributed by atoms with Crippen molar-refractivity contribution in [3.8, 4) is 0 Å². The lowest BCUT2D eigenvalue weighted by atomic mass is 10.2. The Kier molecular flexibility index (Phi) is 5.87. The van der Waals surface area contributed by atoms with Crippen molar-refractivity contribution < 1.29 is 13.2 Å². The van der Waals surface area contributed by atoms with Crippen LogP contribution in [0, 0.1) is 0 Å². The summed E-state index contributed by atoms with van der Waals surface area (Å²) < 4.78 is 23.7. The molecule has 6 nitrogen and oxygen atoms in total. The van der Waals surface area contributed by atoms with E-state index in [1.807, 2.05) is 4.90 Å². The third-order valence-corrected chi connectivity index (χ3v) is 6.65. The first-order valence-corrected chi connectivity index (χ1v) is 9.71. The Morgan fingerprint density at radius 3 is 2.52 bits per heavy atom. The lowest BCUT2D eigenvalue weighted by Gasteiger charge is -2.35. The Bertz CT molecular complexity index is 444. The van der Waals surface area contributed by atoms with Crippen LogP contribution in [0.2, 0.25) is 0 Å². The van der Waals surface area contributed by atoms with Crippen LogP contribution in [0.5, 0.6) is 0 Å². The van der Waals surface area contributed by atoms with Crippen LogP contribution in [0.3, 0.4) is 0 Å². The maximum atomic E-state index is 11.9. The molecule has 2 saturated heterocycles. The number of carbonyl (C=O) groups is 1. The minimum Gasteiger partial charge on any atom is -0.338 e. The Labute approximate surface area is 127 Å². The summed E-state index contributed by atoms with van der Waals surface area (Å²) in [5.74, 6) is 0.345. The molecule has 2 rings (SSSR count). The average Bonchev–Trinajstić information content (AvgIpc) is 2.79. The van der Waals surface area contributed by atoms with Gasteiger partial charge in [0.2, 0.25) is 0 Å². The van der Waals surface area contributed by atoms with Gasteiger partial charge in [-0.05, 0) is 19.3 Å². The quantitative estimate of drug-likeness (QED) is 0.758. The number of carbonyl (C=O) groups excluding carboxylic acids is 1. The van der Waals surface area contributed by atoms with Crippen molar-refractivity contribution in [2.24, 2.45) is 0 Å². The third kappa shape index (κ3) is 4.57. The van der Waals surface area contributed by atoms with E-state index in [4.69, 9.17) is 0 Å². The largest absolute Gasteiger partial charge is 0.338 e. The van der Waals surface area contributed by atoms with Crippen LogP contribution < -0.4 is 5.32 Å². The molecule has 2 aliphatic rings. The van der Waals surface area contributed by atoms with E-state index < -0.39 is 9.84 Å². The summed E-state index contributed by atoms with van der Waals surface area (Å²) in [5.41, 5.74) is 0. The average molecular weight is 317 g/mol. The van der Waals surface area contributed by atoms with Crippen molar-refractivity contribution in [1.82, 2.24) is 15.1 Å². The molecule has 21 heavy (non-hydrogen) atoms. The Balaban J connectivity index is 1.72. The molecule has 1 N–H and O–H groups in total. The number of sulfone groups is 1. The minimum atomic E-state index is -2.87. The topological polar surface area (TPSA) is 69.7 Å². The van der Waals surface area contributed by atoms with E-state index >= 15 is 0 Å². The number of rotatable bonds is 5. The van der Waals surface area contributed by atoms with Crippen molar-refractivity contribution in [2.75, 3.05) is 45.0 Å². The highest BCUT2D eigenvalue weighted by molar-refractivity contribution is 7.92. The van der Waals surface area contributed by atoms with Crippen LogP contribution in [-0.4, -0.2) is 74.5 Å². The number of hydrogen-bond donors (Lipinski definition) is 1. The van der Waals surface area contributed by atoms with Crippen LogP contribution >= 0.6 is 0 Å². The Hall–Kier alpha value is -0.820. The van der Waals surface area contributed by atoms with Gasteiger partial charge in [0.25, 0.3) is 0 Å². The molecule has 2 aliphatic heterocycles. The molecule has 122 valence electrons. The van der Waals surface area contributed by atoms with E-state index in [-0.39, 0.29) is 11.3 Å². The molecule has 0 spiro atoms. The van der Waals surface area contributed by atoms with Gasteiger partial charge >= 0.3 is 6.03 Å². The van der Waals surface area contributed by atoms with E-state index in [2.05, 4.69) is 17.1 Å². The molecular formula is C14H27N3O3S. The molecule has 2 heterocycles. The van der Waals surface area contributed by atoms with Gasteiger partial charge in [0.05, 0.1) is 11.0 Å². The molecule has 0 bridgehead atoms. The highest BCUT2D eigenvalue weighted by Gasteiger charge is 2.33. The summed E-state index contributed by atoms with van der Waals surface area (Å²) in [6, 6.07) is 0.0107. The second-order valence-corrected chi connectivity index (χ2v) is 8.40. The summed E-state index contributed by atoms with van der Waals surface area (Å²) in [7, 11) is -2.87. The summed E-state index contributed by atoms with van der Waals surface area (Å²) in [6.07, 6.45) is 3.67. The molecule has 2 amide bonds. The Morgan fingerprint density at radius 1 is 1.24 bits per heavy atom. The van der Waals surface area contributed by atoms with E-state index in [0.29, 0.717) is 25.4 Å². The predicted molar refractivity (Wildman–Crippen MR) is 83.1 cm³/mol. The maximum absolute atomic E-state index is 11.9. The van der Waals surface area contributed by atoms with E-state index in [9.17, 15) is 13.2 Å². The minimum absolute atomic E-state index is 0.0107. The second kappa shape index (κ2) is 7.45. The first-order chi connectivity index (χ1) is 10.0. The van der Waals surface area contributed by atoms with E-state index in [1.165, 1.54) is 0 Å². The first-order valence-electron chi connectivity index (χ1n) is 7.99. The molecular weight excluding hydrogens is 290 g/mol. The van der Waals surface area contributed by atoms with Crippen LogP contribution in [0.25, 0.3) is 0 Å². The summed E-state index contributed by atoms with van der Waals surface area (Å²) >= 11 is 0. The second-order valence-electron chi connectivity index (χ2n) is 6.00. The number of amides is 2. The van der Waals surface area contributed by atoms with Gasteiger partial charge in [-0.1, -0.05) is 13.3 Å². The predicted octanol–water partition coefficient (Wildman–Crippen LogP) is 0.691. The zero-order valence-electron chi connectivity index (χ0n) is 12.9.